The number of pyridine rings is 1. The van der Waals surface area contributed by atoms with Crippen molar-refractivity contribution < 1.29 is 19.1 Å². The van der Waals surface area contributed by atoms with Crippen LogP contribution in [0, 0.1) is 0 Å². The van der Waals surface area contributed by atoms with Crippen LogP contribution >= 0.6 is 0 Å². The molecule has 9 heteroatoms. The molecule has 46 heavy (non-hydrogen) atoms. The van der Waals surface area contributed by atoms with E-state index in [9.17, 15) is 9.59 Å². The van der Waals surface area contributed by atoms with Gasteiger partial charge in [0.05, 0.1) is 18.5 Å². The van der Waals surface area contributed by atoms with Gasteiger partial charge >= 0.3 is 6.03 Å². The number of carbonyl (C=O) groups is 2. The molecule has 0 fully saturated rings. The zero-order valence-electron chi connectivity index (χ0n) is 26.7. The van der Waals surface area contributed by atoms with Crippen molar-refractivity contribution in [3.63, 3.8) is 0 Å². The largest absolute Gasteiger partial charge is 0.494 e. The predicted molar refractivity (Wildman–Crippen MR) is 184 cm³/mol. The van der Waals surface area contributed by atoms with Gasteiger partial charge in [0.25, 0.3) is 0 Å². The minimum Gasteiger partial charge on any atom is -0.494 e. The van der Waals surface area contributed by atoms with Crippen molar-refractivity contribution in [2.75, 3.05) is 23.1 Å². The quantitative estimate of drug-likeness (QED) is 0.125. The first-order valence-corrected chi connectivity index (χ1v) is 15.2. The summed E-state index contributed by atoms with van der Waals surface area (Å²) in [5.41, 5.74) is 3.61. The SMILES string of the molecule is CCC(=O)NCc1cc(C(C)(C)C)cc(NC(=O)Nc2ccc(Oc3ccnc(Nc4ccccc4)c3)c3ccccc23)c1OC. The molecule has 0 bridgehead atoms. The van der Waals surface area contributed by atoms with Crippen LogP contribution in [-0.2, 0) is 16.8 Å². The van der Waals surface area contributed by atoms with Crippen LogP contribution < -0.4 is 30.7 Å². The molecule has 0 aliphatic rings. The number of aromatic nitrogens is 1. The molecule has 0 saturated carbocycles. The molecule has 0 radical (unpaired) electrons. The number of carbonyl (C=O) groups excluding carboxylic acids is 2. The lowest BCUT2D eigenvalue weighted by molar-refractivity contribution is -0.120. The van der Waals surface area contributed by atoms with E-state index in [-0.39, 0.29) is 17.9 Å². The van der Waals surface area contributed by atoms with Crippen LogP contribution in [0.3, 0.4) is 0 Å². The van der Waals surface area contributed by atoms with E-state index in [0.29, 0.717) is 40.9 Å². The summed E-state index contributed by atoms with van der Waals surface area (Å²) in [5, 5.41) is 13.8. The number of nitrogens with one attached hydrogen (secondary N) is 4. The second-order valence-electron chi connectivity index (χ2n) is 11.8. The number of hydrogen-bond acceptors (Lipinski definition) is 6. The van der Waals surface area contributed by atoms with Gasteiger partial charge in [0.15, 0.2) is 0 Å². The number of fused-ring (bicyclic) bond motifs is 1. The highest BCUT2D eigenvalue weighted by Gasteiger charge is 2.21. The Balaban J connectivity index is 1.38. The molecule has 5 aromatic rings. The van der Waals surface area contributed by atoms with E-state index in [0.717, 1.165) is 27.6 Å². The Bertz CT molecular complexity index is 1850. The molecule has 4 aromatic carbocycles. The van der Waals surface area contributed by atoms with Crippen LogP contribution in [0.25, 0.3) is 10.8 Å². The van der Waals surface area contributed by atoms with Gasteiger partial charge in [0.1, 0.15) is 23.1 Å². The normalized spacial score (nSPS) is 11.1. The standard InChI is InChI=1S/C37H39N5O4/c1-6-34(43)39-23-24-20-25(37(2,3)4)21-31(35(24)45-5)42-36(44)41-30-16-17-32(29-15-11-10-14-28(29)30)46-27-18-19-38-33(22-27)40-26-12-8-7-9-13-26/h7-22H,6,23H2,1-5H3,(H,38,40)(H,39,43)(H2,41,42,44). The number of anilines is 4. The maximum Gasteiger partial charge on any atom is 0.323 e. The number of para-hydroxylation sites is 1. The Hall–Kier alpha value is -5.57. The van der Waals surface area contributed by atoms with E-state index in [4.69, 9.17) is 9.47 Å². The zero-order chi connectivity index (χ0) is 32.7. The highest BCUT2D eigenvalue weighted by atomic mass is 16.5. The lowest BCUT2D eigenvalue weighted by Gasteiger charge is -2.24. The molecule has 0 aliphatic heterocycles. The first-order valence-electron chi connectivity index (χ1n) is 15.2. The second-order valence-corrected chi connectivity index (χ2v) is 11.8. The van der Waals surface area contributed by atoms with Gasteiger partial charge in [-0.1, -0.05) is 70.2 Å². The van der Waals surface area contributed by atoms with Crippen molar-refractivity contribution in [2.24, 2.45) is 0 Å². The maximum absolute atomic E-state index is 13.4. The molecule has 1 heterocycles. The number of methoxy groups -OCH3 is 1. The summed E-state index contributed by atoms with van der Waals surface area (Å²) >= 11 is 0. The molecule has 5 rings (SSSR count). The average Bonchev–Trinajstić information content (AvgIpc) is 3.04. The summed E-state index contributed by atoms with van der Waals surface area (Å²) in [6, 6.07) is 28.3. The van der Waals surface area contributed by atoms with E-state index >= 15 is 0 Å². The van der Waals surface area contributed by atoms with Gasteiger partial charge in [-0.2, -0.15) is 0 Å². The molecule has 236 valence electrons. The van der Waals surface area contributed by atoms with Gasteiger partial charge in [0.2, 0.25) is 5.91 Å². The first-order chi connectivity index (χ1) is 22.1. The summed E-state index contributed by atoms with van der Waals surface area (Å²) < 4.78 is 12.0. The topological polar surface area (TPSA) is 114 Å². The van der Waals surface area contributed by atoms with Gasteiger partial charge in [-0.15, -0.1) is 0 Å². The molecule has 0 atom stereocenters. The van der Waals surface area contributed by atoms with E-state index in [1.807, 2.05) is 84.9 Å². The van der Waals surface area contributed by atoms with Crippen LogP contribution in [0.1, 0.15) is 45.2 Å². The number of nitrogens with zero attached hydrogens (tertiary/aromatic N) is 1. The van der Waals surface area contributed by atoms with E-state index < -0.39 is 6.03 Å². The molecule has 9 nitrogen and oxygen atoms in total. The Morgan fingerprint density at radius 3 is 2.26 bits per heavy atom. The van der Waals surface area contributed by atoms with Crippen molar-refractivity contribution in [2.45, 2.75) is 46.1 Å². The smallest absolute Gasteiger partial charge is 0.323 e. The number of rotatable bonds is 10. The highest BCUT2D eigenvalue weighted by Crippen LogP contribution is 2.37. The highest BCUT2D eigenvalue weighted by molar-refractivity contribution is 6.08. The lowest BCUT2D eigenvalue weighted by atomic mass is 9.85. The van der Waals surface area contributed by atoms with Gasteiger partial charge in [-0.05, 0) is 53.4 Å². The second kappa shape index (κ2) is 14.0. The summed E-state index contributed by atoms with van der Waals surface area (Å²) in [5.74, 6) is 2.34. The third-order valence-electron chi connectivity index (χ3n) is 7.42. The molecular weight excluding hydrogens is 578 g/mol. The minimum atomic E-state index is -0.433. The van der Waals surface area contributed by atoms with Gasteiger partial charge in [0, 0.05) is 47.3 Å². The minimum absolute atomic E-state index is 0.0667. The van der Waals surface area contributed by atoms with Crippen molar-refractivity contribution >= 4 is 45.6 Å². The monoisotopic (exact) mass is 617 g/mol. The van der Waals surface area contributed by atoms with Crippen LogP contribution in [0.2, 0.25) is 0 Å². The Morgan fingerprint density at radius 2 is 1.54 bits per heavy atom. The molecule has 3 amide bonds. The van der Waals surface area contributed by atoms with Gasteiger partial charge < -0.3 is 30.7 Å². The van der Waals surface area contributed by atoms with Crippen molar-refractivity contribution in [1.29, 1.82) is 0 Å². The molecule has 1 aromatic heterocycles. The Labute approximate surface area is 269 Å². The van der Waals surface area contributed by atoms with Crippen LogP contribution in [0.5, 0.6) is 17.2 Å². The molecular formula is C37H39N5O4. The van der Waals surface area contributed by atoms with Crippen molar-refractivity contribution in [3.8, 4) is 17.2 Å². The number of hydrogen-bond donors (Lipinski definition) is 4. The van der Waals surface area contributed by atoms with E-state index in [1.165, 1.54) is 0 Å². The number of amides is 3. The molecule has 4 N–H and O–H groups in total. The molecule has 0 aliphatic carbocycles. The number of urea groups is 1. The van der Waals surface area contributed by atoms with Crippen LogP contribution in [0.4, 0.5) is 27.7 Å². The Kier molecular flexibility index (Phi) is 9.71. The predicted octanol–water partition coefficient (Wildman–Crippen LogP) is 8.75. The van der Waals surface area contributed by atoms with Crippen LogP contribution in [0.15, 0.2) is 97.2 Å². The average molecular weight is 618 g/mol. The summed E-state index contributed by atoms with van der Waals surface area (Å²) in [6.45, 7) is 8.36. The summed E-state index contributed by atoms with van der Waals surface area (Å²) in [7, 11) is 1.55. The molecule has 0 unspecified atom stereocenters. The maximum atomic E-state index is 13.4. The third-order valence-corrected chi connectivity index (χ3v) is 7.42. The zero-order valence-corrected chi connectivity index (χ0v) is 26.7. The Morgan fingerprint density at radius 1 is 0.826 bits per heavy atom. The van der Waals surface area contributed by atoms with Gasteiger partial charge in [-0.25, -0.2) is 9.78 Å². The first kappa shape index (κ1) is 31.8. The summed E-state index contributed by atoms with van der Waals surface area (Å²) in [4.78, 5) is 29.9. The fraction of sp³-hybridized carbons (Fsp3) is 0.216. The number of benzene rings is 4. The molecule has 0 saturated heterocycles. The fourth-order valence-corrected chi connectivity index (χ4v) is 4.99. The summed E-state index contributed by atoms with van der Waals surface area (Å²) in [6.07, 6.45) is 2.07. The van der Waals surface area contributed by atoms with Crippen molar-refractivity contribution in [1.82, 2.24) is 10.3 Å². The van der Waals surface area contributed by atoms with Crippen molar-refractivity contribution in [3.05, 3.63) is 108 Å². The van der Waals surface area contributed by atoms with E-state index in [1.54, 1.807) is 26.3 Å². The fourth-order valence-electron chi connectivity index (χ4n) is 4.99. The third kappa shape index (κ3) is 7.74. The lowest BCUT2D eigenvalue weighted by Crippen LogP contribution is -2.24. The number of ether oxygens (including phenoxy) is 2. The molecule has 0 spiro atoms. The van der Waals surface area contributed by atoms with Crippen LogP contribution in [-0.4, -0.2) is 24.0 Å². The van der Waals surface area contributed by atoms with Gasteiger partial charge in [-0.3, -0.25) is 4.79 Å². The van der Waals surface area contributed by atoms with E-state index in [2.05, 4.69) is 47.0 Å².